The van der Waals surface area contributed by atoms with E-state index >= 15 is 0 Å². The van der Waals surface area contributed by atoms with Crippen molar-refractivity contribution in [2.45, 2.75) is 13.0 Å². The Morgan fingerprint density at radius 3 is 2.66 bits per heavy atom. The number of ether oxygens (including phenoxy) is 2. The molecule has 1 fully saturated rings. The molecule has 0 aliphatic carbocycles. The molecule has 1 atom stereocenters. The number of alkyl halides is 1. The number of rotatable bonds is 7. The van der Waals surface area contributed by atoms with Gasteiger partial charge in [-0.2, -0.15) is 5.26 Å². The van der Waals surface area contributed by atoms with Crippen LogP contribution in [-0.2, 0) is 0 Å². The zero-order valence-corrected chi connectivity index (χ0v) is 19.3. The van der Waals surface area contributed by atoms with Gasteiger partial charge in [-0.05, 0) is 48.4 Å². The first-order chi connectivity index (χ1) is 17.1. The van der Waals surface area contributed by atoms with Gasteiger partial charge in [0, 0.05) is 36.7 Å². The van der Waals surface area contributed by atoms with Gasteiger partial charge >= 0.3 is 0 Å². The first kappa shape index (κ1) is 22.8. The number of allylic oxidation sites excluding steroid dienone is 1. The minimum absolute atomic E-state index is 0.153. The Morgan fingerprint density at radius 1 is 1.17 bits per heavy atom. The Hall–Kier alpha value is -3.96. The smallest absolute Gasteiger partial charge is 0.232 e. The quantitative estimate of drug-likeness (QED) is 0.545. The second kappa shape index (κ2) is 9.72. The fourth-order valence-electron chi connectivity index (χ4n) is 4.51. The average Bonchev–Trinajstić information content (AvgIpc) is 2.86. The van der Waals surface area contributed by atoms with Gasteiger partial charge in [0.15, 0.2) is 6.10 Å². The van der Waals surface area contributed by atoms with Crippen LogP contribution in [0, 0.1) is 17.2 Å². The van der Waals surface area contributed by atoms with Gasteiger partial charge in [0.25, 0.3) is 0 Å². The second-order valence-corrected chi connectivity index (χ2v) is 8.81. The number of nitriles is 1. The van der Waals surface area contributed by atoms with Crippen LogP contribution in [0.2, 0.25) is 0 Å². The van der Waals surface area contributed by atoms with Crippen molar-refractivity contribution >= 4 is 11.1 Å². The van der Waals surface area contributed by atoms with E-state index in [2.05, 4.69) is 20.9 Å². The Kier molecular flexibility index (Phi) is 6.34. The summed E-state index contributed by atoms with van der Waals surface area (Å²) in [4.78, 5) is 11.2. The van der Waals surface area contributed by atoms with Crippen LogP contribution in [0.15, 0.2) is 54.9 Å². The van der Waals surface area contributed by atoms with E-state index in [-0.39, 0.29) is 18.3 Å². The third-order valence-corrected chi connectivity index (χ3v) is 6.43. The summed E-state index contributed by atoms with van der Waals surface area (Å²) in [6.07, 6.45) is 2.70. The van der Waals surface area contributed by atoms with Crippen LogP contribution in [0.5, 0.6) is 17.4 Å². The zero-order valence-electron chi connectivity index (χ0n) is 19.3. The predicted molar refractivity (Wildman–Crippen MR) is 129 cm³/mol. The molecule has 8 heteroatoms. The van der Waals surface area contributed by atoms with Crippen LogP contribution in [0.4, 0.5) is 4.39 Å². The molecule has 1 unspecified atom stereocenters. The van der Waals surface area contributed by atoms with Gasteiger partial charge in [-0.1, -0.05) is 12.1 Å². The molecule has 0 saturated carbocycles. The summed E-state index contributed by atoms with van der Waals surface area (Å²) >= 11 is 0. The number of likely N-dealkylation sites (tertiary alicyclic amines) is 1. The van der Waals surface area contributed by atoms with Crippen molar-refractivity contribution < 1.29 is 19.0 Å². The largest absolute Gasteiger partial charge is 0.508 e. The van der Waals surface area contributed by atoms with Gasteiger partial charge in [-0.3, -0.25) is 9.29 Å². The summed E-state index contributed by atoms with van der Waals surface area (Å²) in [6.45, 7) is 4.44. The summed E-state index contributed by atoms with van der Waals surface area (Å²) < 4.78 is 24.6. The fraction of sp³-hybridized carbons (Fsp3) is 0.296. The van der Waals surface area contributed by atoms with Crippen molar-refractivity contribution in [2.75, 3.05) is 32.9 Å². The molecule has 3 aromatic rings. The molecular formula is C27H25FN4O3. The van der Waals surface area contributed by atoms with Gasteiger partial charge in [-0.15, -0.1) is 0 Å². The molecule has 35 heavy (non-hydrogen) atoms. The van der Waals surface area contributed by atoms with Crippen LogP contribution in [0.3, 0.4) is 0 Å². The predicted octanol–water partition coefficient (Wildman–Crippen LogP) is 4.40. The first-order valence-electron chi connectivity index (χ1n) is 11.5. The minimum Gasteiger partial charge on any atom is -0.508 e. The molecule has 5 rings (SSSR count). The number of nitrogens with zero attached hydrogens (tertiary/aromatic N) is 4. The van der Waals surface area contributed by atoms with Gasteiger partial charge in [0.05, 0.1) is 30.7 Å². The van der Waals surface area contributed by atoms with Crippen molar-refractivity contribution in [3.8, 4) is 23.4 Å². The maximum Gasteiger partial charge on any atom is 0.232 e. The summed E-state index contributed by atoms with van der Waals surface area (Å²) in [5.41, 5.74) is 4.70. The maximum absolute atomic E-state index is 12.6. The van der Waals surface area contributed by atoms with Crippen LogP contribution < -0.4 is 9.47 Å². The normalized spacial score (nSPS) is 17.8. The van der Waals surface area contributed by atoms with Gasteiger partial charge in [0.1, 0.15) is 23.8 Å². The maximum atomic E-state index is 12.6. The van der Waals surface area contributed by atoms with Crippen molar-refractivity contribution in [1.82, 2.24) is 14.9 Å². The number of aromatic hydroxyl groups is 1. The summed E-state index contributed by atoms with van der Waals surface area (Å²) in [6, 6.07) is 14.5. The number of fused-ring (bicyclic) bond motifs is 1. The molecule has 0 spiro atoms. The molecule has 0 radical (unpaired) electrons. The molecule has 2 aromatic carbocycles. The first-order valence-corrected chi connectivity index (χ1v) is 11.5. The lowest BCUT2D eigenvalue weighted by molar-refractivity contribution is 0.0661. The van der Waals surface area contributed by atoms with Crippen LogP contribution in [0.25, 0.3) is 11.1 Å². The highest BCUT2D eigenvalue weighted by Crippen LogP contribution is 2.46. The lowest BCUT2D eigenvalue weighted by atomic mass is 9.87. The van der Waals surface area contributed by atoms with Crippen molar-refractivity contribution in [1.29, 1.82) is 5.26 Å². The molecule has 0 bridgehead atoms. The summed E-state index contributed by atoms with van der Waals surface area (Å²) in [5, 5.41) is 19.2. The summed E-state index contributed by atoms with van der Waals surface area (Å²) in [7, 11) is 0. The van der Waals surface area contributed by atoms with E-state index in [4.69, 9.17) is 9.47 Å². The van der Waals surface area contributed by atoms with E-state index in [0.717, 1.165) is 41.9 Å². The number of benzene rings is 2. The minimum atomic E-state index is -0.528. The number of hydrogen-bond acceptors (Lipinski definition) is 7. The van der Waals surface area contributed by atoms with E-state index in [1.807, 2.05) is 19.1 Å². The number of aromatic nitrogens is 2. The highest BCUT2D eigenvalue weighted by molar-refractivity contribution is 5.95. The number of phenolic OH excluding ortho intramolecular Hbond substituents is 1. The van der Waals surface area contributed by atoms with Gasteiger partial charge in [0.2, 0.25) is 5.88 Å². The lowest BCUT2D eigenvalue weighted by Gasteiger charge is -2.37. The van der Waals surface area contributed by atoms with Crippen molar-refractivity contribution in [3.63, 3.8) is 0 Å². The standard InChI is InChI=1S/C27H25FN4O3/c1-17-22-10-21(33)6-7-24(22)35-27(26(17)20-4-2-18(12-29)3-5-20)23-13-31-25(14-30-23)34-9-8-32-15-19(11-28)16-32/h2-7,10,13-14,19,27,33H,8-9,11,15-16H2,1H3. The fourth-order valence-corrected chi connectivity index (χ4v) is 4.51. The third-order valence-electron chi connectivity index (χ3n) is 6.43. The Bertz CT molecular complexity index is 1280. The van der Waals surface area contributed by atoms with Crippen LogP contribution in [-0.4, -0.2) is 52.9 Å². The molecule has 3 heterocycles. The second-order valence-electron chi connectivity index (χ2n) is 8.81. The van der Waals surface area contributed by atoms with Crippen molar-refractivity contribution in [3.05, 3.63) is 77.2 Å². The highest BCUT2D eigenvalue weighted by atomic mass is 19.1. The van der Waals surface area contributed by atoms with Crippen LogP contribution in [0.1, 0.15) is 35.4 Å². The number of phenols is 1. The van der Waals surface area contributed by atoms with E-state index in [1.165, 1.54) is 0 Å². The molecular weight excluding hydrogens is 447 g/mol. The van der Waals surface area contributed by atoms with E-state index < -0.39 is 6.10 Å². The Morgan fingerprint density at radius 2 is 1.97 bits per heavy atom. The van der Waals surface area contributed by atoms with E-state index in [0.29, 0.717) is 29.5 Å². The molecule has 1 saturated heterocycles. The average molecular weight is 473 g/mol. The molecule has 0 amide bonds. The molecule has 1 N–H and O–H groups in total. The number of halogens is 1. The molecule has 2 aliphatic rings. The Balaban J connectivity index is 1.38. The van der Waals surface area contributed by atoms with Gasteiger partial charge < -0.3 is 14.6 Å². The van der Waals surface area contributed by atoms with E-state index in [9.17, 15) is 14.8 Å². The van der Waals surface area contributed by atoms with Gasteiger partial charge in [-0.25, -0.2) is 9.97 Å². The third kappa shape index (κ3) is 4.68. The van der Waals surface area contributed by atoms with Crippen molar-refractivity contribution in [2.24, 2.45) is 5.92 Å². The SMILES string of the molecule is CC1=C(c2ccc(C#N)cc2)C(c2cnc(OCCN3CC(CF)C3)cn2)Oc2ccc(O)cc21. The zero-order chi connectivity index (χ0) is 24.4. The monoisotopic (exact) mass is 472 g/mol. The molecule has 7 nitrogen and oxygen atoms in total. The lowest BCUT2D eigenvalue weighted by Crippen LogP contribution is -2.49. The highest BCUT2D eigenvalue weighted by Gasteiger charge is 2.31. The molecule has 2 aliphatic heterocycles. The Labute approximate surface area is 203 Å². The van der Waals surface area contributed by atoms with E-state index in [1.54, 1.807) is 42.7 Å². The van der Waals surface area contributed by atoms with Crippen LogP contribution >= 0.6 is 0 Å². The topological polar surface area (TPSA) is 91.5 Å². The molecule has 1 aromatic heterocycles. The number of hydrogen-bond donors (Lipinski definition) is 1. The summed E-state index contributed by atoms with van der Waals surface area (Å²) in [5.74, 6) is 1.37. The molecule has 178 valence electrons.